The number of hydrogen-bond acceptors (Lipinski definition) is 2. The standard InChI is InChI=1S/C9H13NO3/c1-3-7-10(4-2)8(11)5-6-9(12)13/h1H,4-7H2,2H3,(H,12,13). The van der Waals surface area contributed by atoms with Gasteiger partial charge in [-0.05, 0) is 6.92 Å². The Morgan fingerprint density at radius 3 is 2.46 bits per heavy atom. The molecule has 0 rings (SSSR count). The number of aliphatic carboxylic acids is 1. The first-order valence-electron chi connectivity index (χ1n) is 4.04. The van der Waals surface area contributed by atoms with E-state index in [1.807, 2.05) is 0 Å². The number of rotatable bonds is 5. The van der Waals surface area contributed by atoms with Crippen molar-refractivity contribution in [2.24, 2.45) is 0 Å². The molecule has 0 bridgehead atoms. The molecule has 72 valence electrons. The van der Waals surface area contributed by atoms with Crippen LogP contribution in [0.25, 0.3) is 0 Å². The van der Waals surface area contributed by atoms with Crippen molar-refractivity contribution in [2.75, 3.05) is 13.1 Å². The summed E-state index contributed by atoms with van der Waals surface area (Å²) in [6.45, 7) is 2.56. The van der Waals surface area contributed by atoms with Crippen LogP contribution in [0.2, 0.25) is 0 Å². The molecule has 0 aliphatic rings. The summed E-state index contributed by atoms with van der Waals surface area (Å²) in [4.78, 5) is 22.8. The summed E-state index contributed by atoms with van der Waals surface area (Å²) in [6, 6.07) is 0. The van der Waals surface area contributed by atoms with Gasteiger partial charge in [0.15, 0.2) is 0 Å². The minimum atomic E-state index is -0.967. The van der Waals surface area contributed by atoms with Crippen molar-refractivity contribution < 1.29 is 14.7 Å². The van der Waals surface area contributed by atoms with Gasteiger partial charge in [0.05, 0.1) is 13.0 Å². The van der Waals surface area contributed by atoms with Crippen molar-refractivity contribution in [3.8, 4) is 12.3 Å². The summed E-state index contributed by atoms with van der Waals surface area (Å²) in [5.74, 6) is 1.17. The minimum Gasteiger partial charge on any atom is -0.481 e. The molecular weight excluding hydrogens is 170 g/mol. The molecule has 0 atom stereocenters. The molecule has 0 aliphatic heterocycles. The Hall–Kier alpha value is -1.50. The van der Waals surface area contributed by atoms with E-state index in [9.17, 15) is 9.59 Å². The Morgan fingerprint density at radius 2 is 2.08 bits per heavy atom. The molecular formula is C9H13NO3. The first-order chi connectivity index (χ1) is 6.11. The van der Waals surface area contributed by atoms with Crippen LogP contribution < -0.4 is 0 Å². The molecule has 0 aromatic carbocycles. The molecule has 1 N–H and O–H groups in total. The van der Waals surface area contributed by atoms with Crippen LogP contribution in [0.4, 0.5) is 0 Å². The molecule has 1 amide bonds. The Bertz CT molecular complexity index is 230. The lowest BCUT2D eigenvalue weighted by molar-refractivity contribution is -0.140. The number of carbonyl (C=O) groups excluding carboxylic acids is 1. The average molecular weight is 183 g/mol. The Kier molecular flexibility index (Phi) is 5.37. The molecule has 0 unspecified atom stereocenters. The van der Waals surface area contributed by atoms with Crippen molar-refractivity contribution in [3.05, 3.63) is 0 Å². The van der Waals surface area contributed by atoms with E-state index in [2.05, 4.69) is 5.92 Å². The summed E-state index contributed by atoms with van der Waals surface area (Å²) in [6.07, 6.45) is 4.92. The van der Waals surface area contributed by atoms with Crippen LogP contribution in [0.5, 0.6) is 0 Å². The number of carbonyl (C=O) groups is 2. The van der Waals surface area contributed by atoms with E-state index in [0.29, 0.717) is 6.54 Å². The molecule has 0 spiro atoms. The third kappa shape index (κ3) is 4.86. The molecule has 0 aliphatic carbocycles. The highest BCUT2D eigenvalue weighted by molar-refractivity contribution is 5.80. The second kappa shape index (κ2) is 6.06. The highest BCUT2D eigenvalue weighted by Gasteiger charge is 2.11. The normalized spacial score (nSPS) is 8.92. The van der Waals surface area contributed by atoms with Gasteiger partial charge in [-0.15, -0.1) is 6.42 Å². The zero-order valence-corrected chi connectivity index (χ0v) is 7.62. The topological polar surface area (TPSA) is 57.6 Å². The van der Waals surface area contributed by atoms with Crippen molar-refractivity contribution in [1.82, 2.24) is 4.90 Å². The molecule has 0 aromatic rings. The average Bonchev–Trinajstić information content (AvgIpc) is 2.10. The van der Waals surface area contributed by atoms with Crippen molar-refractivity contribution in [1.29, 1.82) is 0 Å². The van der Waals surface area contributed by atoms with E-state index >= 15 is 0 Å². The maximum absolute atomic E-state index is 11.2. The van der Waals surface area contributed by atoms with E-state index in [0.717, 1.165) is 0 Å². The van der Waals surface area contributed by atoms with Gasteiger partial charge in [0, 0.05) is 13.0 Å². The molecule has 0 saturated carbocycles. The van der Waals surface area contributed by atoms with Gasteiger partial charge in [0.1, 0.15) is 0 Å². The molecule has 13 heavy (non-hydrogen) atoms. The highest BCUT2D eigenvalue weighted by atomic mass is 16.4. The predicted octanol–water partition coefficient (Wildman–Crippen LogP) is 0.333. The maximum Gasteiger partial charge on any atom is 0.303 e. The largest absolute Gasteiger partial charge is 0.481 e. The van der Waals surface area contributed by atoms with Crippen LogP contribution >= 0.6 is 0 Å². The number of terminal acetylenes is 1. The van der Waals surface area contributed by atoms with Crippen LogP contribution in [-0.4, -0.2) is 35.0 Å². The van der Waals surface area contributed by atoms with Crippen LogP contribution in [0, 0.1) is 12.3 Å². The lowest BCUT2D eigenvalue weighted by atomic mass is 10.3. The Morgan fingerprint density at radius 1 is 1.46 bits per heavy atom. The summed E-state index contributed by atoms with van der Waals surface area (Å²) in [7, 11) is 0. The monoisotopic (exact) mass is 183 g/mol. The fraction of sp³-hybridized carbons (Fsp3) is 0.556. The number of carboxylic acids is 1. The fourth-order valence-corrected chi connectivity index (χ4v) is 0.859. The second-order valence-corrected chi connectivity index (χ2v) is 2.51. The first-order valence-corrected chi connectivity index (χ1v) is 4.04. The van der Waals surface area contributed by atoms with E-state index in [1.165, 1.54) is 4.90 Å². The molecule has 0 heterocycles. The van der Waals surface area contributed by atoms with Crippen molar-refractivity contribution in [2.45, 2.75) is 19.8 Å². The summed E-state index contributed by atoms with van der Waals surface area (Å²) in [5.41, 5.74) is 0. The predicted molar refractivity (Wildman–Crippen MR) is 48.0 cm³/mol. The molecule has 0 radical (unpaired) electrons. The molecule has 4 heteroatoms. The van der Waals surface area contributed by atoms with Crippen molar-refractivity contribution >= 4 is 11.9 Å². The summed E-state index contributed by atoms with van der Waals surface area (Å²) >= 11 is 0. The number of carboxylic acid groups (broad SMARTS) is 1. The molecule has 0 saturated heterocycles. The van der Waals surface area contributed by atoms with Gasteiger partial charge >= 0.3 is 5.97 Å². The van der Waals surface area contributed by atoms with Gasteiger partial charge in [0.2, 0.25) is 5.91 Å². The van der Waals surface area contributed by atoms with Gasteiger partial charge in [-0.3, -0.25) is 9.59 Å². The number of hydrogen-bond donors (Lipinski definition) is 1. The van der Waals surface area contributed by atoms with E-state index in [4.69, 9.17) is 11.5 Å². The summed E-state index contributed by atoms with van der Waals surface area (Å²) < 4.78 is 0. The third-order valence-electron chi connectivity index (χ3n) is 1.57. The van der Waals surface area contributed by atoms with Crippen LogP contribution in [0.1, 0.15) is 19.8 Å². The zero-order valence-electron chi connectivity index (χ0n) is 7.62. The zero-order chi connectivity index (χ0) is 10.3. The quantitative estimate of drug-likeness (QED) is 0.625. The summed E-state index contributed by atoms with van der Waals surface area (Å²) in [5, 5.41) is 8.34. The third-order valence-corrected chi connectivity index (χ3v) is 1.57. The molecule has 4 nitrogen and oxygen atoms in total. The number of amides is 1. The van der Waals surface area contributed by atoms with Crippen LogP contribution in [0.15, 0.2) is 0 Å². The lowest BCUT2D eigenvalue weighted by Crippen LogP contribution is -2.31. The van der Waals surface area contributed by atoms with Crippen LogP contribution in [-0.2, 0) is 9.59 Å². The smallest absolute Gasteiger partial charge is 0.303 e. The Balaban J connectivity index is 3.92. The second-order valence-electron chi connectivity index (χ2n) is 2.51. The van der Waals surface area contributed by atoms with Crippen molar-refractivity contribution in [3.63, 3.8) is 0 Å². The van der Waals surface area contributed by atoms with E-state index in [1.54, 1.807) is 6.92 Å². The van der Waals surface area contributed by atoms with E-state index in [-0.39, 0.29) is 25.3 Å². The lowest BCUT2D eigenvalue weighted by Gasteiger charge is -2.16. The Labute approximate surface area is 77.5 Å². The number of nitrogens with zero attached hydrogens (tertiary/aromatic N) is 1. The molecule has 0 aromatic heterocycles. The van der Waals surface area contributed by atoms with Gasteiger partial charge in [-0.1, -0.05) is 5.92 Å². The fourth-order valence-electron chi connectivity index (χ4n) is 0.859. The van der Waals surface area contributed by atoms with Gasteiger partial charge in [-0.25, -0.2) is 0 Å². The minimum absolute atomic E-state index is 0.0187. The van der Waals surface area contributed by atoms with Gasteiger partial charge in [0.25, 0.3) is 0 Å². The SMILES string of the molecule is C#CCN(CC)C(=O)CCC(=O)O. The first kappa shape index (κ1) is 11.5. The van der Waals surface area contributed by atoms with Gasteiger partial charge in [-0.2, -0.15) is 0 Å². The van der Waals surface area contributed by atoms with E-state index < -0.39 is 5.97 Å². The van der Waals surface area contributed by atoms with Crippen LogP contribution in [0.3, 0.4) is 0 Å². The highest BCUT2D eigenvalue weighted by Crippen LogP contribution is 1.97. The maximum atomic E-state index is 11.2. The molecule has 0 fully saturated rings. The van der Waals surface area contributed by atoms with Gasteiger partial charge < -0.3 is 10.0 Å².